The van der Waals surface area contributed by atoms with Crippen molar-refractivity contribution in [2.75, 3.05) is 19.0 Å². The third kappa shape index (κ3) is 14.1. The largest absolute Gasteiger partial charge is 0.490 e. The summed E-state index contributed by atoms with van der Waals surface area (Å²) in [5.74, 6) is 1.93. The molecule has 25 heavy (non-hydrogen) atoms. The summed E-state index contributed by atoms with van der Waals surface area (Å²) in [5, 5.41) is 0. The molecule has 0 amide bonds. The molecule has 0 saturated carbocycles. The third-order valence-corrected chi connectivity index (χ3v) is 5.35. The molecule has 0 fully saturated rings. The van der Waals surface area contributed by atoms with Gasteiger partial charge in [-0.1, -0.05) is 94.7 Å². The van der Waals surface area contributed by atoms with Gasteiger partial charge in [0, 0.05) is 5.75 Å². The van der Waals surface area contributed by atoms with E-state index in [1.807, 2.05) is 30.3 Å². The summed E-state index contributed by atoms with van der Waals surface area (Å²) < 4.78 is 11.7. The maximum Gasteiger partial charge on any atom is 0.220 e. The van der Waals surface area contributed by atoms with Crippen molar-refractivity contribution in [3.8, 4) is 5.75 Å². The molecule has 0 saturated heterocycles. The highest BCUT2D eigenvalue weighted by Gasteiger charge is 2.00. The molecule has 0 aliphatic heterocycles. The van der Waals surface area contributed by atoms with Crippen LogP contribution in [0.5, 0.6) is 5.75 Å². The molecule has 142 valence electrons. The zero-order valence-electron chi connectivity index (χ0n) is 15.7. The first-order valence-corrected chi connectivity index (χ1v) is 11.2. The molecule has 0 aliphatic rings. The molecule has 4 heteroatoms. The number of hydrogen-bond donors (Lipinski definition) is 0. The first-order chi connectivity index (χ1) is 12.3. The van der Waals surface area contributed by atoms with Crippen molar-refractivity contribution < 1.29 is 9.47 Å². The molecule has 1 rings (SSSR count). The van der Waals surface area contributed by atoms with E-state index < -0.39 is 0 Å². The van der Waals surface area contributed by atoms with Gasteiger partial charge >= 0.3 is 0 Å². The third-order valence-electron chi connectivity index (χ3n) is 4.03. The van der Waals surface area contributed by atoms with Gasteiger partial charge in [0.25, 0.3) is 0 Å². The summed E-state index contributed by atoms with van der Waals surface area (Å²) in [6, 6.07) is 9.78. The minimum atomic E-state index is 0.513. The van der Waals surface area contributed by atoms with Crippen molar-refractivity contribution in [3.63, 3.8) is 0 Å². The Morgan fingerprint density at radius 3 is 2.08 bits per heavy atom. The molecule has 0 N–H and O–H groups in total. The summed E-state index contributed by atoms with van der Waals surface area (Å²) >= 11 is 6.89. The van der Waals surface area contributed by atoms with Gasteiger partial charge in [0.1, 0.15) is 19.0 Å². The van der Waals surface area contributed by atoms with Crippen LogP contribution in [0.4, 0.5) is 0 Å². The van der Waals surface area contributed by atoms with Gasteiger partial charge < -0.3 is 9.47 Å². The summed E-state index contributed by atoms with van der Waals surface area (Å²) in [4.78, 5) is 0. The number of ether oxygens (including phenoxy) is 2. The van der Waals surface area contributed by atoms with Crippen molar-refractivity contribution in [2.24, 2.45) is 0 Å². The van der Waals surface area contributed by atoms with E-state index >= 15 is 0 Å². The lowest BCUT2D eigenvalue weighted by Crippen LogP contribution is -2.09. The number of rotatable bonds is 15. The Morgan fingerprint density at radius 2 is 1.44 bits per heavy atom. The smallest absolute Gasteiger partial charge is 0.220 e. The van der Waals surface area contributed by atoms with E-state index in [2.05, 4.69) is 6.92 Å². The Labute approximate surface area is 164 Å². The van der Waals surface area contributed by atoms with Crippen molar-refractivity contribution >= 4 is 28.4 Å². The molecule has 1 aromatic rings. The molecule has 0 spiro atoms. The highest BCUT2D eigenvalue weighted by atomic mass is 32.2. The lowest BCUT2D eigenvalue weighted by molar-refractivity contribution is 0.217. The zero-order valence-corrected chi connectivity index (χ0v) is 17.3. The second-order valence-corrected chi connectivity index (χ2v) is 7.99. The van der Waals surface area contributed by atoms with Gasteiger partial charge in [0.05, 0.1) is 0 Å². The van der Waals surface area contributed by atoms with Crippen molar-refractivity contribution in [1.82, 2.24) is 0 Å². The number of unbranched alkanes of at least 4 members (excludes halogenated alkanes) is 9. The van der Waals surface area contributed by atoms with E-state index in [-0.39, 0.29) is 0 Å². The molecule has 0 bridgehead atoms. The standard InChI is InChI=1S/C21H34O2S2/c1-2-3-4-5-6-7-8-9-10-14-19-25-21(24)23-18-17-22-20-15-12-11-13-16-20/h11-13,15-16H,2-10,14,17-19H2,1H3. The van der Waals surface area contributed by atoms with Gasteiger partial charge in [0.2, 0.25) is 4.38 Å². The quantitative estimate of drug-likeness (QED) is 0.239. The first-order valence-electron chi connectivity index (χ1n) is 9.80. The van der Waals surface area contributed by atoms with Crippen LogP contribution < -0.4 is 4.74 Å². The highest BCUT2D eigenvalue weighted by molar-refractivity contribution is 8.22. The zero-order chi connectivity index (χ0) is 18.0. The topological polar surface area (TPSA) is 18.5 Å². The van der Waals surface area contributed by atoms with Gasteiger partial charge in [-0.15, -0.1) is 0 Å². The van der Waals surface area contributed by atoms with E-state index in [0.717, 1.165) is 11.5 Å². The van der Waals surface area contributed by atoms with Crippen LogP contribution in [0.25, 0.3) is 0 Å². The minimum absolute atomic E-state index is 0.513. The predicted octanol–water partition coefficient (Wildman–Crippen LogP) is 7.02. The van der Waals surface area contributed by atoms with Gasteiger partial charge in [-0.2, -0.15) is 0 Å². The van der Waals surface area contributed by atoms with Crippen LogP contribution in [0.2, 0.25) is 0 Å². The molecular weight excluding hydrogens is 348 g/mol. The van der Waals surface area contributed by atoms with Crippen LogP contribution in [0.1, 0.15) is 71.1 Å². The van der Waals surface area contributed by atoms with E-state index in [1.165, 1.54) is 64.2 Å². The lowest BCUT2D eigenvalue weighted by Gasteiger charge is -2.08. The molecule has 0 heterocycles. The SMILES string of the molecule is CCCCCCCCCCCCSC(=S)OCCOc1ccccc1. The van der Waals surface area contributed by atoms with Crippen LogP contribution in [0.3, 0.4) is 0 Å². The van der Waals surface area contributed by atoms with Gasteiger partial charge in [0.15, 0.2) is 0 Å². The fourth-order valence-corrected chi connectivity index (χ4v) is 3.60. The molecule has 2 nitrogen and oxygen atoms in total. The normalized spacial score (nSPS) is 10.6. The summed E-state index contributed by atoms with van der Waals surface area (Å²) in [7, 11) is 0. The Hall–Kier alpha value is -0.740. The number of para-hydroxylation sites is 1. The van der Waals surface area contributed by atoms with Crippen LogP contribution in [-0.4, -0.2) is 23.3 Å². The van der Waals surface area contributed by atoms with Gasteiger partial charge in [-0.05, 0) is 30.8 Å². The molecule has 0 atom stereocenters. The lowest BCUT2D eigenvalue weighted by atomic mass is 10.1. The highest BCUT2D eigenvalue weighted by Crippen LogP contribution is 2.14. The average molecular weight is 383 g/mol. The van der Waals surface area contributed by atoms with Crippen molar-refractivity contribution in [3.05, 3.63) is 30.3 Å². The first kappa shape index (κ1) is 22.3. The number of hydrogen-bond acceptors (Lipinski definition) is 4. The van der Waals surface area contributed by atoms with E-state index in [1.54, 1.807) is 11.8 Å². The molecule has 0 aliphatic carbocycles. The van der Waals surface area contributed by atoms with E-state index in [9.17, 15) is 0 Å². The molecule has 0 radical (unpaired) electrons. The van der Waals surface area contributed by atoms with Crippen molar-refractivity contribution in [1.29, 1.82) is 0 Å². The minimum Gasteiger partial charge on any atom is -0.490 e. The maximum atomic E-state index is 5.57. The van der Waals surface area contributed by atoms with E-state index in [0.29, 0.717) is 17.6 Å². The molecule has 0 unspecified atom stereocenters. The van der Waals surface area contributed by atoms with Gasteiger partial charge in [-0.25, -0.2) is 0 Å². The Morgan fingerprint density at radius 1 is 0.840 bits per heavy atom. The predicted molar refractivity (Wildman–Crippen MR) is 115 cm³/mol. The van der Waals surface area contributed by atoms with Crippen LogP contribution in [-0.2, 0) is 4.74 Å². The van der Waals surface area contributed by atoms with Crippen molar-refractivity contribution in [2.45, 2.75) is 71.1 Å². The summed E-state index contributed by atoms with van der Waals surface area (Å²) in [5.41, 5.74) is 0. The monoisotopic (exact) mass is 382 g/mol. The summed E-state index contributed by atoms with van der Waals surface area (Å²) in [6.45, 7) is 3.31. The maximum absolute atomic E-state index is 5.57. The second kappa shape index (κ2) is 16.7. The average Bonchev–Trinajstić information content (AvgIpc) is 2.64. The van der Waals surface area contributed by atoms with Crippen LogP contribution in [0.15, 0.2) is 30.3 Å². The second-order valence-electron chi connectivity index (χ2n) is 6.29. The molecule has 0 aromatic heterocycles. The van der Waals surface area contributed by atoms with E-state index in [4.69, 9.17) is 21.7 Å². The number of benzene rings is 1. The Kier molecular flexibility index (Phi) is 14.9. The van der Waals surface area contributed by atoms with Gasteiger partial charge in [-0.3, -0.25) is 0 Å². The fraction of sp³-hybridized carbons (Fsp3) is 0.667. The number of thiocarbonyl (C=S) groups is 1. The fourth-order valence-electron chi connectivity index (χ4n) is 2.59. The molecular formula is C21H34O2S2. The Bertz CT molecular complexity index is 423. The summed E-state index contributed by atoms with van der Waals surface area (Å²) in [6.07, 6.45) is 13.7. The molecule has 1 aromatic carbocycles. The number of thioether (sulfide) groups is 1. The van der Waals surface area contributed by atoms with Crippen LogP contribution in [0, 0.1) is 0 Å². The van der Waals surface area contributed by atoms with Crippen LogP contribution >= 0.6 is 24.0 Å². The Balaban J connectivity index is 1.81.